The van der Waals surface area contributed by atoms with E-state index in [0.29, 0.717) is 63.3 Å². The van der Waals surface area contributed by atoms with Crippen LogP contribution in [0.1, 0.15) is 43.4 Å². The minimum atomic E-state index is -0.862. The lowest BCUT2D eigenvalue weighted by molar-refractivity contribution is 0.107. The number of pyridine rings is 1. The van der Waals surface area contributed by atoms with Crippen molar-refractivity contribution in [3.63, 3.8) is 0 Å². The molecule has 4 saturated heterocycles. The summed E-state index contributed by atoms with van der Waals surface area (Å²) in [4.78, 5) is 23.6. The van der Waals surface area contributed by atoms with Crippen molar-refractivity contribution < 1.29 is 13.5 Å². The van der Waals surface area contributed by atoms with E-state index in [2.05, 4.69) is 26.2 Å². The van der Waals surface area contributed by atoms with Gasteiger partial charge in [0.25, 0.3) is 0 Å². The number of nitrogen functional groups attached to an aromatic ring is 1. The predicted octanol–water partition coefficient (Wildman–Crippen LogP) is 4.10. The molecule has 0 amide bonds. The van der Waals surface area contributed by atoms with Gasteiger partial charge < -0.3 is 20.7 Å². The minimum absolute atomic E-state index is 0.186. The van der Waals surface area contributed by atoms with Crippen molar-refractivity contribution in [1.29, 1.82) is 5.26 Å². The second-order valence-corrected chi connectivity index (χ2v) is 13.3. The Hall–Kier alpha value is -3.73. The van der Waals surface area contributed by atoms with E-state index in [0.717, 1.165) is 56.7 Å². The van der Waals surface area contributed by atoms with Gasteiger partial charge in [-0.2, -0.15) is 15.2 Å². The molecule has 2 unspecified atom stereocenters. The molecule has 0 radical (unpaired) electrons. The van der Waals surface area contributed by atoms with E-state index in [1.54, 1.807) is 6.07 Å². The lowest BCUT2D eigenvalue weighted by Gasteiger charge is -2.37. The summed E-state index contributed by atoms with van der Waals surface area (Å²) in [5, 5.41) is 14.1. The number of hydrogen-bond donors (Lipinski definition) is 2. The maximum atomic E-state index is 14.7. The van der Waals surface area contributed by atoms with Gasteiger partial charge in [0.1, 0.15) is 41.4 Å². The molecule has 2 bridgehead atoms. The van der Waals surface area contributed by atoms with Crippen molar-refractivity contribution in [2.75, 3.05) is 43.4 Å². The zero-order valence-corrected chi connectivity index (χ0v) is 24.6. The number of aryl methyl sites for hydroxylation is 1. The van der Waals surface area contributed by atoms with E-state index in [9.17, 15) is 14.0 Å². The number of benzene rings is 1. The van der Waals surface area contributed by atoms with Crippen LogP contribution in [-0.4, -0.2) is 81.4 Å². The number of nitriles is 1. The molecule has 4 aromatic rings. The van der Waals surface area contributed by atoms with Crippen LogP contribution >= 0.6 is 11.3 Å². The van der Waals surface area contributed by atoms with Gasteiger partial charge in [-0.3, -0.25) is 4.90 Å². The van der Waals surface area contributed by atoms with Crippen molar-refractivity contribution in [2.45, 2.75) is 62.8 Å². The number of aromatic nitrogens is 4. The fourth-order valence-corrected chi connectivity index (χ4v) is 8.64. The topological polar surface area (TPSA) is 129 Å². The van der Waals surface area contributed by atoms with E-state index in [1.807, 2.05) is 6.92 Å². The van der Waals surface area contributed by atoms with E-state index < -0.39 is 12.0 Å². The lowest BCUT2D eigenvalue weighted by atomic mass is 9.95. The third-order valence-corrected chi connectivity index (χ3v) is 10.7. The monoisotopic (exact) mass is 603 g/mol. The number of fused-ring (bicyclic) bond motifs is 5. The third-order valence-electron chi connectivity index (χ3n) is 9.78. The first kappa shape index (κ1) is 26.9. The average molecular weight is 604 g/mol. The molecule has 3 aromatic heterocycles. The average Bonchev–Trinajstić information content (AvgIpc) is 3.72. The van der Waals surface area contributed by atoms with Crippen LogP contribution in [0.25, 0.3) is 32.4 Å². The molecular weight excluding hydrogens is 572 g/mol. The molecule has 3 N–H and O–H groups in total. The Morgan fingerprint density at radius 2 is 1.98 bits per heavy atom. The lowest BCUT2D eigenvalue weighted by Crippen LogP contribution is -2.52. The molecule has 10 nitrogen and oxygen atoms in total. The van der Waals surface area contributed by atoms with Crippen LogP contribution in [0.2, 0.25) is 0 Å². The number of nitrogens with one attached hydrogen (secondary N) is 1. The first-order valence-corrected chi connectivity index (χ1v) is 15.6. The Morgan fingerprint density at radius 3 is 2.77 bits per heavy atom. The summed E-state index contributed by atoms with van der Waals surface area (Å²) in [5.74, 6) is 0.230. The van der Waals surface area contributed by atoms with Gasteiger partial charge in [-0.1, -0.05) is 11.3 Å². The number of hydrogen-bond acceptors (Lipinski definition) is 11. The van der Waals surface area contributed by atoms with E-state index in [4.69, 9.17) is 25.4 Å². The molecular formula is C30H31F2N9OS. The highest BCUT2D eigenvalue weighted by atomic mass is 32.1. The van der Waals surface area contributed by atoms with Crippen molar-refractivity contribution in [3.8, 4) is 23.2 Å². The van der Waals surface area contributed by atoms with E-state index in [-0.39, 0.29) is 34.5 Å². The Kier molecular flexibility index (Phi) is 6.19. The first-order valence-electron chi connectivity index (χ1n) is 14.8. The van der Waals surface area contributed by atoms with Crippen molar-refractivity contribution in [2.24, 2.45) is 0 Å². The van der Waals surface area contributed by atoms with Gasteiger partial charge in [0.2, 0.25) is 0 Å². The number of ether oxygens (including phenoxy) is 1. The Labute approximate surface area is 250 Å². The largest absolute Gasteiger partial charge is 0.461 e. The van der Waals surface area contributed by atoms with Crippen LogP contribution in [0.5, 0.6) is 6.01 Å². The second-order valence-electron chi connectivity index (χ2n) is 12.2. The highest BCUT2D eigenvalue weighted by molar-refractivity contribution is 7.22. The third kappa shape index (κ3) is 4.14. The number of rotatable bonds is 5. The molecule has 222 valence electrons. The molecule has 1 aromatic carbocycles. The molecule has 0 saturated carbocycles. The predicted molar refractivity (Wildman–Crippen MR) is 160 cm³/mol. The van der Waals surface area contributed by atoms with Crippen LogP contribution in [0.4, 0.5) is 19.7 Å². The van der Waals surface area contributed by atoms with Gasteiger partial charge in [-0.15, -0.1) is 0 Å². The van der Waals surface area contributed by atoms with Gasteiger partial charge in [-0.25, -0.2) is 18.7 Å². The summed E-state index contributed by atoms with van der Waals surface area (Å²) in [7, 11) is 0. The van der Waals surface area contributed by atoms with Crippen molar-refractivity contribution in [1.82, 2.24) is 30.2 Å². The van der Waals surface area contributed by atoms with Crippen LogP contribution in [0.3, 0.4) is 0 Å². The summed E-state index contributed by atoms with van der Waals surface area (Å²) < 4.78 is 35.9. The maximum absolute atomic E-state index is 14.7. The van der Waals surface area contributed by atoms with Gasteiger partial charge in [0.05, 0.1) is 15.8 Å². The zero-order chi connectivity index (χ0) is 29.5. The molecule has 0 spiro atoms. The Morgan fingerprint density at radius 1 is 1.16 bits per heavy atom. The molecule has 8 rings (SSSR count). The maximum Gasteiger partial charge on any atom is 0.319 e. The summed E-state index contributed by atoms with van der Waals surface area (Å²) in [6.07, 6.45) is 3.53. The standard InChI is InChI=1S/C30H31F2N9OS/c1-15-22(19-5-6-20(32)26-24(19)37-28(34)43-26)21(10-33)36-25-23(15)38-29(39-27(25)41-17-3-4-18(41)12-35-11-17)42-14-30-7-2-8-40(30)13-16(31)9-30/h5-6,16-18,35H,2-4,7-9,11-14H2,1H3,(H2,34,37)/t16-,17?,18?,30+/m1/s1. The molecule has 0 aliphatic carbocycles. The minimum Gasteiger partial charge on any atom is -0.461 e. The summed E-state index contributed by atoms with van der Waals surface area (Å²) >= 11 is 1.07. The normalized spacial score (nSPS) is 26.8. The fourth-order valence-electron chi connectivity index (χ4n) is 7.87. The highest BCUT2D eigenvalue weighted by Gasteiger charge is 2.49. The number of piperazine rings is 1. The molecule has 13 heteroatoms. The molecule has 4 aliphatic heterocycles. The first-order chi connectivity index (χ1) is 20.8. The SMILES string of the molecule is Cc1c(-c2ccc(F)c3sc(N)nc23)c(C#N)nc2c(N3C4CCC3CNC4)nc(OC[C@@]34CCCN3C[C@H](F)C4)nc12. The Bertz CT molecular complexity index is 1810. The molecule has 4 aliphatic rings. The molecule has 4 fully saturated rings. The van der Waals surface area contributed by atoms with Crippen LogP contribution < -0.4 is 20.7 Å². The zero-order valence-electron chi connectivity index (χ0n) is 23.7. The van der Waals surface area contributed by atoms with Gasteiger partial charge in [-0.05, 0) is 56.8 Å². The van der Waals surface area contributed by atoms with E-state index >= 15 is 0 Å². The number of nitrogens with zero attached hydrogens (tertiary/aromatic N) is 7. The number of alkyl halides is 1. The van der Waals surface area contributed by atoms with Crippen molar-refractivity contribution in [3.05, 3.63) is 29.2 Å². The number of anilines is 2. The number of halogens is 2. The number of thiazole rings is 1. The molecule has 4 atom stereocenters. The Balaban J connectivity index is 1.31. The van der Waals surface area contributed by atoms with E-state index in [1.165, 1.54) is 6.07 Å². The fraction of sp³-hybridized carbons (Fsp3) is 0.500. The van der Waals surface area contributed by atoms with Crippen LogP contribution in [-0.2, 0) is 0 Å². The van der Waals surface area contributed by atoms with Gasteiger partial charge in [0.15, 0.2) is 10.9 Å². The molecule has 7 heterocycles. The van der Waals surface area contributed by atoms with Gasteiger partial charge >= 0.3 is 6.01 Å². The summed E-state index contributed by atoms with van der Waals surface area (Å²) in [6, 6.07) is 5.93. The van der Waals surface area contributed by atoms with Crippen molar-refractivity contribution >= 4 is 43.5 Å². The summed E-state index contributed by atoms with van der Waals surface area (Å²) in [6.45, 7) is 5.16. The molecule has 43 heavy (non-hydrogen) atoms. The highest BCUT2D eigenvalue weighted by Crippen LogP contribution is 2.43. The summed E-state index contributed by atoms with van der Waals surface area (Å²) in [5.41, 5.74) is 9.08. The second kappa shape index (κ2) is 9.90. The van der Waals surface area contributed by atoms with Gasteiger partial charge in [0, 0.05) is 49.3 Å². The quantitative estimate of drug-likeness (QED) is 0.344. The smallest absolute Gasteiger partial charge is 0.319 e. The number of nitrogens with two attached hydrogens (primary N) is 1. The van der Waals surface area contributed by atoms with Crippen LogP contribution in [0.15, 0.2) is 12.1 Å². The van der Waals surface area contributed by atoms with Crippen LogP contribution in [0, 0.1) is 24.1 Å².